The largest absolute Gasteiger partial charge is 0.476 e. The summed E-state index contributed by atoms with van der Waals surface area (Å²) in [6.07, 6.45) is 3.81. The molecule has 1 aromatic rings. The summed E-state index contributed by atoms with van der Waals surface area (Å²) < 4.78 is 0. The maximum absolute atomic E-state index is 11.2. The van der Waals surface area contributed by atoms with Gasteiger partial charge in [-0.25, -0.2) is 14.8 Å². The van der Waals surface area contributed by atoms with Gasteiger partial charge in [0.25, 0.3) is 0 Å². The van der Waals surface area contributed by atoms with Crippen molar-refractivity contribution in [2.75, 3.05) is 5.32 Å². The lowest BCUT2D eigenvalue weighted by Gasteiger charge is -2.10. The number of nitrogens with one attached hydrogen (secondary N) is 1. The van der Waals surface area contributed by atoms with E-state index in [1.807, 2.05) is 13.8 Å². The van der Waals surface area contributed by atoms with Gasteiger partial charge in [-0.3, -0.25) is 0 Å². The summed E-state index contributed by atoms with van der Waals surface area (Å²) in [6, 6.07) is 0.376. The fraction of sp³-hybridized carbons (Fsp3) is 0.615. The zero-order valence-corrected chi connectivity index (χ0v) is 11.0. The Hall–Kier alpha value is -1.65. The van der Waals surface area contributed by atoms with Crippen molar-refractivity contribution in [3.63, 3.8) is 0 Å². The molecule has 0 bridgehead atoms. The van der Waals surface area contributed by atoms with Gasteiger partial charge >= 0.3 is 5.97 Å². The van der Waals surface area contributed by atoms with Crippen molar-refractivity contribution in [3.8, 4) is 0 Å². The van der Waals surface area contributed by atoms with Crippen LogP contribution in [0.5, 0.6) is 0 Å². The first-order chi connectivity index (χ1) is 8.52. The van der Waals surface area contributed by atoms with Crippen LogP contribution in [0.3, 0.4) is 0 Å². The molecule has 5 nitrogen and oxygen atoms in total. The highest BCUT2D eigenvalue weighted by molar-refractivity contribution is 5.91. The molecular weight excluding hydrogens is 230 g/mol. The van der Waals surface area contributed by atoms with E-state index < -0.39 is 5.97 Å². The fourth-order valence-electron chi connectivity index (χ4n) is 2.02. The van der Waals surface area contributed by atoms with E-state index in [1.54, 1.807) is 6.20 Å². The van der Waals surface area contributed by atoms with Crippen LogP contribution in [0.1, 0.15) is 55.8 Å². The smallest absolute Gasteiger partial charge is 0.356 e. The van der Waals surface area contributed by atoms with Crippen LogP contribution in [0.15, 0.2) is 6.20 Å². The van der Waals surface area contributed by atoms with Crippen LogP contribution in [0.25, 0.3) is 0 Å². The van der Waals surface area contributed by atoms with Crippen molar-refractivity contribution in [3.05, 3.63) is 17.7 Å². The molecular formula is C13H19N3O2. The number of carboxylic acid groups (broad SMARTS) is 1. The summed E-state index contributed by atoms with van der Waals surface area (Å²) in [5.41, 5.74) is 0.614. The molecule has 5 heteroatoms. The van der Waals surface area contributed by atoms with E-state index in [9.17, 15) is 9.90 Å². The van der Waals surface area contributed by atoms with Gasteiger partial charge in [0, 0.05) is 12.0 Å². The third-order valence-electron chi connectivity index (χ3n) is 3.31. The van der Waals surface area contributed by atoms with Crippen molar-refractivity contribution in [1.29, 1.82) is 0 Å². The number of nitrogens with zero attached hydrogens (tertiary/aromatic N) is 2. The highest BCUT2D eigenvalue weighted by atomic mass is 16.4. The molecule has 18 heavy (non-hydrogen) atoms. The maximum Gasteiger partial charge on any atom is 0.356 e. The predicted octanol–water partition coefficient (Wildman–Crippen LogP) is 2.51. The number of hydrogen-bond donors (Lipinski definition) is 2. The second-order valence-corrected chi connectivity index (χ2v) is 5.11. The second kappa shape index (κ2) is 4.92. The van der Waals surface area contributed by atoms with Crippen LogP contribution >= 0.6 is 0 Å². The minimum absolute atomic E-state index is 0.0791. The topological polar surface area (TPSA) is 75.1 Å². The predicted molar refractivity (Wildman–Crippen MR) is 68.9 cm³/mol. The van der Waals surface area contributed by atoms with E-state index >= 15 is 0 Å². The standard InChI is InChI=1S/C13H19N3O2/c1-4-8-5-9(8)15-10-6-14-12(7(2)3)16-11(10)13(17)18/h6-9,15H,4-5H2,1-3H3,(H,17,18). The molecule has 2 rings (SSSR count). The van der Waals surface area contributed by atoms with Crippen LogP contribution in [0, 0.1) is 5.92 Å². The molecule has 1 aliphatic rings. The van der Waals surface area contributed by atoms with E-state index in [4.69, 9.17) is 0 Å². The third kappa shape index (κ3) is 2.60. The molecule has 1 saturated carbocycles. The van der Waals surface area contributed by atoms with E-state index in [2.05, 4.69) is 22.2 Å². The molecule has 1 fully saturated rings. The summed E-state index contributed by atoms with van der Waals surface area (Å²) in [5.74, 6) is 0.342. The Labute approximate surface area is 107 Å². The van der Waals surface area contributed by atoms with Crippen LogP contribution < -0.4 is 5.32 Å². The summed E-state index contributed by atoms with van der Waals surface area (Å²) >= 11 is 0. The summed E-state index contributed by atoms with van der Waals surface area (Å²) in [5, 5.41) is 12.4. The van der Waals surface area contributed by atoms with Crippen LogP contribution in [-0.2, 0) is 0 Å². The van der Waals surface area contributed by atoms with E-state index in [0.29, 0.717) is 23.5 Å². The van der Waals surface area contributed by atoms with Gasteiger partial charge in [-0.05, 0) is 12.3 Å². The Morgan fingerprint density at radius 3 is 2.83 bits per heavy atom. The summed E-state index contributed by atoms with van der Waals surface area (Å²) in [4.78, 5) is 19.6. The minimum Gasteiger partial charge on any atom is -0.476 e. The van der Waals surface area contributed by atoms with Gasteiger partial charge in [-0.1, -0.05) is 27.2 Å². The lowest BCUT2D eigenvalue weighted by molar-refractivity contribution is 0.0691. The van der Waals surface area contributed by atoms with E-state index in [-0.39, 0.29) is 11.6 Å². The molecule has 2 unspecified atom stereocenters. The first-order valence-electron chi connectivity index (χ1n) is 6.39. The van der Waals surface area contributed by atoms with Crippen molar-refractivity contribution in [2.45, 2.75) is 45.6 Å². The molecule has 0 saturated heterocycles. The molecule has 0 aliphatic heterocycles. The van der Waals surface area contributed by atoms with Crippen LogP contribution in [0.2, 0.25) is 0 Å². The molecule has 0 spiro atoms. The first-order valence-corrected chi connectivity index (χ1v) is 6.39. The SMILES string of the molecule is CCC1CC1Nc1cnc(C(C)C)nc1C(=O)O. The molecule has 2 N–H and O–H groups in total. The quantitative estimate of drug-likeness (QED) is 0.838. The van der Waals surface area contributed by atoms with Crippen molar-refractivity contribution in [2.24, 2.45) is 5.92 Å². The molecule has 0 aromatic carbocycles. The number of rotatable bonds is 5. The van der Waals surface area contributed by atoms with Gasteiger partial charge in [0.2, 0.25) is 0 Å². The van der Waals surface area contributed by atoms with E-state index in [1.165, 1.54) is 0 Å². The Balaban J connectivity index is 2.21. The Bertz CT molecular complexity index is 460. The first kappa shape index (κ1) is 12.8. The molecule has 1 aliphatic carbocycles. The van der Waals surface area contributed by atoms with E-state index in [0.717, 1.165) is 12.8 Å². The maximum atomic E-state index is 11.2. The molecule has 0 amide bonds. The minimum atomic E-state index is -1.00. The van der Waals surface area contributed by atoms with Crippen molar-refractivity contribution < 1.29 is 9.90 Å². The van der Waals surface area contributed by atoms with Crippen LogP contribution in [0.4, 0.5) is 5.69 Å². The van der Waals surface area contributed by atoms with Gasteiger partial charge in [0.15, 0.2) is 5.69 Å². The number of carbonyl (C=O) groups is 1. The summed E-state index contributed by atoms with van der Waals surface area (Å²) in [7, 11) is 0. The molecule has 0 radical (unpaired) electrons. The number of aromatic carboxylic acids is 1. The van der Waals surface area contributed by atoms with Gasteiger partial charge in [-0.2, -0.15) is 0 Å². The van der Waals surface area contributed by atoms with Crippen molar-refractivity contribution in [1.82, 2.24) is 9.97 Å². The summed E-state index contributed by atoms with van der Waals surface area (Å²) in [6.45, 7) is 6.03. The monoisotopic (exact) mass is 249 g/mol. The average molecular weight is 249 g/mol. The molecule has 98 valence electrons. The zero-order chi connectivity index (χ0) is 13.3. The van der Waals surface area contributed by atoms with Gasteiger partial charge in [0.1, 0.15) is 5.82 Å². The fourth-order valence-corrected chi connectivity index (χ4v) is 2.02. The Morgan fingerprint density at radius 1 is 1.61 bits per heavy atom. The number of hydrogen-bond acceptors (Lipinski definition) is 4. The number of carboxylic acids is 1. The highest BCUT2D eigenvalue weighted by Crippen LogP contribution is 2.36. The highest BCUT2D eigenvalue weighted by Gasteiger charge is 2.36. The van der Waals surface area contributed by atoms with Gasteiger partial charge in [-0.15, -0.1) is 0 Å². The lowest BCUT2D eigenvalue weighted by atomic mass is 10.2. The second-order valence-electron chi connectivity index (χ2n) is 5.11. The Morgan fingerprint density at radius 2 is 2.33 bits per heavy atom. The zero-order valence-electron chi connectivity index (χ0n) is 11.0. The Kier molecular flexibility index (Phi) is 3.50. The third-order valence-corrected chi connectivity index (χ3v) is 3.31. The van der Waals surface area contributed by atoms with Gasteiger partial charge in [0.05, 0.1) is 11.9 Å². The van der Waals surface area contributed by atoms with Crippen molar-refractivity contribution >= 4 is 11.7 Å². The van der Waals surface area contributed by atoms with Crippen LogP contribution in [-0.4, -0.2) is 27.1 Å². The molecule has 1 heterocycles. The normalized spacial score (nSPS) is 22.0. The van der Waals surface area contributed by atoms with Gasteiger partial charge < -0.3 is 10.4 Å². The molecule has 2 atom stereocenters. The molecule has 1 aromatic heterocycles. The number of anilines is 1. The number of aromatic nitrogens is 2. The lowest BCUT2D eigenvalue weighted by Crippen LogP contribution is -2.14. The average Bonchev–Trinajstić information content (AvgIpc) is 3.07.